The summed E-state index contributed by atoms with van der Waals surface area (Å²) in [4.78, 5) is 13.1. The molecule has 0 bridgehead atoms. The lowest BCUT2D eigenvalue weighted by Crippen LogP contribution is -2.35. The zero-order valence-electron chi connectivity index (χ0n) is 11.1. The fraction of sp³-hybridized carbons (Fsp3) is 0.500. The summed E-state index contributed by atoms with van der Waals surface area (Å²) >= 11 is 0. The van der Waals surface area contributed by atoms with E-state index in [4.69, 9.17) is 0 Å². The van der Waals surface area contributed by atoms with E-state index in [1.165, 1.54) is 11.3 Å². The third kappa shape index (κ3) is 3.47. The van der Waals surface area contributed by atoms with Crippen molar-refractivity contribution >= 4 is 11.6 Å². The standard InChI is InChI=1S/C14H21N3O/c1-17(2)13-6-3-11(4-7-13)9-15-10-12-5-8-14(18)16-12/h3-4,6-7,12,15H,5,8-10H2,1-2H3,(H,16,18). The zero-order valence-corrected chi connectivity index (χ0v) is 11.1. The van der Waals surface area contributed by atoms with Gasteiger partial charge in [0.15, 0.2) is 0 Å². The fourth-order valence-electron chi connectivity index (χ4n) is 2.13. The maximum atomic E-state index is 11.0. The highest BCUT2D eigenvalue weighted by atomic mass is 16.1. The maximum absolute atomic E-state index is 11.0. The highest BCUT2D eigenvalue weighted by Crippen LogP contribution is 2.12. The fourth-order valence-corrected chi connectivity index (χ4v) is 2.13. The first kappa shape index (κ1) is 12.9. The van der Waals surface area contributed by atoms with Crippen LogP contribution in [0.15, 0.2) is 24.3 Å². The van der Waals surface area contributed by atoms with Gasteiger partial charge in [-0.05, 0) is 24.1 Å². The van der Waals surface area contributed by atoms with Crippen LogP contribution in [0.4, 0.5) is 5.69 Å². The van der Waals surface area contributed by atoms with Gasteiger partial charge in [-0.2, -0.15) is 0 Å². The first-order valence-corrected chi connectivity index (χ1v) is 6.41. The van der Waals surface area contributed by atoms with Crippen LogP contribution in [0.3, 0.4) is 0 Å². The Bertz CT molecular complexity index is 400. The van der Waals surface area contributed by atoms with Crippen molar-refractivity contribution in [3.05, 3.63) is 29.8 Å². The van der Waals surface area contributed by atoms with Crippen LogP contribution < -0.4 is 15.5 Å². The number of nitrogens with one attached hydrogen (secondary N) is 2. The second-order valence-electron chi connectivity index (χ2n) is 4.99. The van der Waals surface area contributed by atoms with Gasteiger partial charge in [-0.1, -0.05) is 12.1 Å². The number of anilines is 1. The molecule has 1 aliphatic rings. The topological polar surface area (TPSA) is 44.4 Å². The zero-order chi connectivity index (χ0) is 13.0. The van der Waals surface area contributed by atoms with Crippen molar-refractivity contribution < 1.29 is 4.79 Å². The molecule has 0 radical (unpaired) electrons. The second kappa shape index (κ2) is 5.87. The molecule has 1 unspecified atom stereocenters. The minimum Gasteiger partial charge on any atom is -0.378 e. The lowest BCUT2D eigenvalue weighted by Gasteiger charge is -2.14. The predicted molar refractivity (Wildman–Crippen MR) is 73.6 cm³/mol. The van der Waals surface area contributed by atoms with Crippen LogP contribution in [0.5, 0.6) is 0 Å². The Hall–Kier alpha value is -1.55. The Morgan fingerprint density at radius 1 is 1.33 bits per heavy atom. The van der Waals surface area contributed by atoms with Crippen molar-refractivity contribution in [3.8, 4) is 0 Å². The molecular weight excluding hydrogens is 226 g/mol. The third-order valence-electron chi connectivity index (χ3n) is 3.26. The summed E-state index contributed by atoms with van der Waals surface area (Å²) in [6.45, 7) is 1.70. The van der Waals surface area contributed by atoms with Crippen LogP contribution in [0, 0.1) is 0 Å². The van der Waals surface area contributed by atoms with Crippen molar-refractivity contribution in [2.75, 3.05) is 25.5 Å². The summed E-state index contributed by atoms with van der Waals surface area (Å²) in [5.74, 6) is 0.178. The molecule has 2 rings (SSSR count). The van der Waals surface area contributed by atoms with Crippen LogP contribution in [0.25, 0.3) is 0 Å². The average Bonchev–Trinajstić information content (AvgIpc) is 2.76. The number of hydrogen-bond donors (Lipinski definition) is 2. The SMILES string of the molecule is CN(C)c1ccc(CNCC2CCC(=O)N2)cc1. The Balaban J connectivity index is 1.74. The number of rotatable bonds is 5. The van der Waals surface area contributed by atoms with Crippen molar-refractivity contribution in [2.45, 2.75) is 25.4 Å². The first-order valence-electron chi connectivity index (χ1n) is 6.41. The molecule has 98 valence electrons. The van der Waals surface area contributed by atoms with Gasteiger partial charge in [0.1, 0.15) is 0 Å². The molecule has 0 aliphatic carbocycles. The number of amides is 1. The molecule has 1 fully saturated rings. The van der Waals surface area contributed by atoms with Crippen molar-refractivity contribution in [1.82, 2.24) is 10.6 Å². The average molecular weight is 247 g/mol. The van der Waals surface area contributed by atoms with E-state index in [1.54, 1.807) is 0 Å². The number of carbonyl (C=O) groups excluding carboxylic acids is 1. The Morgan fingerprint density at radius 2 is 2.06 bits per heavy atom. The smallest absolute Gasteiger partial charge is 0.220 e. The molecule has 4 nitrogen and oxygen atoms in total. The van der Waals surface area contributed by atoms with Crippen molar-refractivity contribution in [2.24, 2.45) is 0 Å². The molecule has 1 amide bonds. The Labute approximate surface area is 108 Å². The highest BCUT2D eigenvalue weighted by molar-refractivity contribution is 5.78. The summed E-state index contributed by atoms with van der Waals surface area (Å²) in [6.07, 6.45) is 1.62. The molecule has 0 saturated carbocycles. The second-order valence-corrected chi connectivity index (χ2v) is 4.99. The van der Waals surface area contributed by atoms with Gasteiger partial charge in [0, 0.05) is 45.3 Å². The number of carbonyl (C=O) groups is 1. The molecule has 0 aromatic heterocycles. The normalized spacial score (nSPS) is 18.8. The van der Waals surface area contributed by atoms with Gasteiger partial charge in [0.25, 0.3) is 0 Å². The summed E-state index contributed by atoms with van der Waals surface area (Å²) in [5.41, 5.74) is 2.48. The van der Waals surface area contributed by atoms with E-state index in [-0.39, 0.29) is 5.91 Å². The molecule has 1 aliphatic heterocycles. The molecule has 18 heavy (non-hydrogen) atoms. The van der Waals surface area contributed by atoms with Crippen LogP contribution in [0.1, 0.15) is 18.4 Å². The maximum Gasteiger partial charge on any atom is 0.220 e. The summed E-state index contributed by atoms with van der Waals surface area (Å²) in [5, 5.41) is 6.34. The first-order chi connectivity index (χ1) is 8.65. The molecule has 2 N–H and O–H groups in total. The van der Waals surface area contributed by atoms with Crippen LogP contribution >= 0.6 is 0 Å². The van der Waals surface area contributed by atoms with Gasteiger partial charge >= 0.3 is 0 Å². The number of nitrogens with zero attached hydrogens (tertiary/aromatic N) is 1. The summed E-state index contributed by atoms with van der Waals surface area (Å²) < 4.78 is 0. The largest absolute Gasteiger partial charge is 0.378 e. The van der Waals surface area contributed by atoms with Crippen LogP contribution in [-0.2, 0) is 11.3 Å². The lowest BCUT2D eigenvalue weighted by molar-refractivity contribution is -0.119. The van der Waals surface area contributed by atoms with Crippen LogP contribution in [-0.4, -0.2) is 32.6 Å². The van der Waals surface area contributed by atoms with Gasteiger partial charge in [-0.25, -0.2) is 0 Å². The molecule has 1 aromatic rings. The lowest BCUT2D eigenvalue weighted by atomic mass is 10.2. The van der Waals surface area contributed by atoms with E-state index < -0.39 is 0 Å². The van der Waals surface area contributed by atoms with E-state index in [0.717, 1.165) is 19.5 Å². The monoisotopic (exact) mass is 247 g/mol. The van der Waals surface area contributed by atoms with E-state index in [9.17, 15) is 4.79 Å². The van der Waals surface area contributed by atoms with E-state index in [2.05, 4.69) is 39.8 Å². The quantitative estimate of drug-likeness (QED) is 0.819. The van der Waals surface area contributed by atoms with Crippen molar-refractivity contribution in [3.63, 3.8) is 0 Å². The molecule has 1 atom stereocenters. The van der Waals surface area contributed by atoms with Gasteiger partial charge in [0.05, 0.1) is 0 Å². The Morgan fingerprint density at radius 3 is 2.61 bits per heavy atom. The minimum absolute atomic E-state index is 0.178. The van der Waals surface area contributed by atoms with Crippen LogP contribution in [0.2, 0.25) is 0 Å². The molecule has 1 saturated heterocycles. The molecular formula is C14H21N3O. The molecule has 0 spiro atoms. The van der Waals surface area contributed by atoms with E-state index >= 15 is 0 Å². The van der Waals surface area contributed by atoms with Gasteiger partial charge < -0.3 is 15.5 Å². The molecule has 1 heterocycles. The minimum atomic E-state index is 0.178. The highest BCUT2D eigenvalue weighted by Gasteiger charge is 2.19. The van der Waals surface area contributed by atoms with E-state index in [1.807, 2.05) is 14.1 Å². The predicted octanol–water partition coefficient (Wildman–Crippen LogP) is 1.12. The van der Waals surface area contributed by atoms with Gasteiger partial charge in [-0.15, -0.1) is 0 Å². The van der Waals surface area contributed by atoms with Gasteiger partial charge in [-0.3, -0.25) is 4.79 Å². The molecule has 4 heteroatoms. The van der Waals surface area contributed by atoms with Gasteiger partial charge in [0.2, 0.25) is 5.91 Å². The number of benzene rings is 1. The van der Waals surface area contributed by atoms with Crippen molar-refractivity contribution in [1.29, 1.82) is 0 Å². The third-order valence-corrected chi connectivity index (χ3v) is 3.26. The van der Waals surface area contributed by atoms with E-state index in [0.29, 0.717) is 12.5 Å². The number of hydrogen-bond acceptors (Lipinski definition) is 3. The summed E-state index contributed by atoms with van der Waals surface area (Å²) in [6, 6.07) is 8.81. The summed E-state index contributed by atoms with van der Waals surface area (Å²) in [7, 11) is 4.08. The molecule has 1 aromatic carbocycles. The Kier molecular flexibility index (Phi) is 4.20.